The van der Waals surface area contributed by atoms with E-state index in [4.69, 9.17) is 5.73 Å². The van der Waals surface area contributed by atoms with Crippen LogP contribution in [0.15, 0.2) is 0 Å². The van der Waals surface area contributed by atoms with Crippen molar-refractivity contribution < 1.29 is 4.79 Å². The fourth-order valence-corrected chi connectivity index (χ4v) is 1.88. The Kier molecular flexibility index (Phi) is 5.40. The van der Waals surface area contributed by atoms with E-state index in [1.165, 1.54) is 0 Å². The number of nitrogens with zero attached hydrogens (tertiary/aromatic N) is 1. The maximum atomic E-state index is 11.6. The lowest BCUT2D eigenvalue weighted by molar-refractivity contribution is -0.121. The third kappa shape index (κ3) is 5.04. The van der Waals surface area contributed by atoms with Gasteiger partial charge in [0, 0.05) is 31.1 Å². The first-order chi connectivity index (χ1) is 7.99. The molecule has 1 fully saturated rings. The van der Waals surface area contributed by atoms with Gasteiger partial charge in [-0.05, 0) is 39.7 Å². The molecule has 0 aromatic rings. The number of rotatable bonds is 8. The molecule has 0 spiro atoms. The zero-order valence-electron chi connectivity index (χ0n) is 11.5. The van der Waals surface area contributed by atoms with E-state index in [0.29, 0.717) is 19.0 Å². The molecular weight excluding hydrogens is 214 g/mol. The van der Waals surface area contributed by atoms with Gasteiger partial charge in [-0.3, -0.25) is 9.69 Å². The van der Waals surface area contributed by atoms with Gasteiger partial charge < -0.3 is 11.1 Å². The van der Waals surface area contributed by atoms with Gasteiger partial charge in [0.15, 0.2) is 0 Å². The topological polar surface area (TPSA) is 58.4 Å². The number of nitrogens with one attached hydrogen (secondary N) is 1. The molecule has 0 aromatic heterocycles. The molecule has 0 atom stereocenters. The van der Waals surface area contributed by atoms with Crippen molar-refractivity contribution in [1.29, 1.82) is 0 Å². The summed E-state index contributed by atoms with van der Waals surface area (Å²) in [6.45, 7) is 8.86. The van der Waals surface area contributed by atoms with Crippen molar-refractivity contribution in [2.45, 2.75) is 58.0 Å². The van der Waals surface area contributed by atoms with Gasteiger partial charge in [-0.2, -0.15) is 0 Å². The second-order valence-corrected chi connectivity index (χ2v) is 5.60. The Labute approximate surface area is 105 Å². The maximum Gasteiger partial charge on any atom is 0.221 e. The quantitative estimate of drug-likeness (QED) is 0.669. The van der Waals surface area contributed by atoms with Crippen LogP contribution in [0.3, 0.4) is 0 Å². The van der Waals surface area contributed by atoms with Gasteiger partial charge in [-0.1, -0.05) is 6.92 Å². The number of hydrogen-bond donors (Lipinski definition) is 2. The average Bonchev–Trinajstić information content (AvgIpc) is 3.07. The van der Waals surface area contributed by atoms with Crippen LogP contribution in [-0.4, -0.2) is 42.0 Å². The van der Waals surface area contributed by atoms with Crippen LogP contribution in [0.4, 0.5) is 0 Å². The smallest absolute Gasteiger partial charge is 0.221 e. The van der Waals surface area contributed by atoms with E-state index in [0.717, 1.165) is 32.4 Å². The summed E-state index contributed by atoms with van der Waals surface area (Å²) in [5, 5.41) is 3.02. The summed E-state index contributed by atoms with van der Waals surface area (Å²) in [5.41, 5.74) is 5.77. The van der Waals surface area contributed by atoms with Crippen LogP contribution in [-0.2, 0) is 4.79 Å². The Morgan fingerprint density at radius 1 is 1.41 bits per heavy atom. The van der Waals surface area contributed by atoms with Gasteiger partial charge in [0.1, 0.15) is 0 Å². The highest BCUT2D eigenvalue weighted by Crippen LogP contribution is 2.19. The minimum Gasteiger partial charge on any atom is -0.353 e. The first-order valence-corrected chi connectivity index (χ1v) is 6.74. The van der Waals surface area contributed by atoms with Crippen molar-refractivity contribution in [2.75, 3.05) is 19.6 Å². The molecule has 1 saturated carbocycles. The van der Waals surface area contributed by atoms with E-state index in [-0.39, 0.29) is 11.4 Å². The van der Waals surface area contributed by atoms with Gasteiger partial charge in [-0.15, -0.1) is 0 Å². The van der Waals surface area contributed by atoms with Crippen molar-refractivity contribution in [3.63, 3.8) is 0 Å². The van der Waals surface area contributed by atoms with Gasteiger partial charge in [0.2, 0.25) is 5.91 Å². The van der Waals surface area contributed by atoms with Gasteiger partial charge in [-0.25, -0.2) is 0 Å². The fourth-order valence-electron chi connectivity index (χ4n) is 1.88. The summed E-state index contributed by atoms with van der Waals surface area (Å²) in [6.07, 6.45) is 3.98. The van der Waals surface area contributed by atoms with Gasteiger partial charge in [0.25, 0.3) is 0 Å². The summed E-state index contributed by atoms with van der Waals surface area (Å²) in [5.74, 6) is 0.182. The lowest BCUT2D eigenvalue weighted by Gasteiger charge is -2.37. The third-order valence-corrected chi connectivity index (χ3v) is 3.40. The number of nitrogens with two attached hydrogens (primary N) is 1. The average molecular weight is 241 g/mol. The predicted octanol–water partition coefficient (Wildman–Crippen LogP) is 1.10. The summed E-state index contributed by atoms with van der Waals surface area (Å²) >= 11 is 0. The number of amides is 1. The van der Waals surface area contributed by atoms with Crippen molar-refractivity contribution in [2.24, 2.45) is 5.73 Å². The van der Waals surface area contributed by atoms with E-state index >= 15 is 0 Å². The highest BCUT2D eigenvalue weighted by Gasteiger charge is 2.26. The van der Waals surface area contributed by atoms with E-state index < -0.39 is 0 Å². The van der Waals surface area contributed by atoms with Crippen LogP contribution >= 0.6 is 0 Å². The largest absolute Gasteiger partial charge is 0.353 e. The number of carbonyl (C=O) groups excluding carboxylic acids is 1. The molecule has 0 bridgehead atoms. The molecule has 1 aliphatic carbocycles. The van der Waals surface area contributed by atoms with Crippen LogP contribution in [0.2, 0.25) is 0 Å². The van der Waals surface area contributed by atoms with Crippen LogP contribution in [0.1, 0.15) is 46.5 Å². The van der Waals surface area contributed by atoms with Crippen LogP contribution in [0.25, 0.3) is 0 Å². The summed E-state index contributed by atoms with van der Waals surface area (Å²) in [4.78, 5) is 14.0. The normalized spacial score (nSPS) is 16.3. The second-order valence-electron chi connectivity index (χ2n) is 5.60. The molecule has 3 N–H and O–H groups in total. The number of carbonyl (C=O) groups is 1. The van der Waals surface area contributed by atoms with Crippen molar-refractivity contribution in [3.05, 3.63) is 0 Å². The van der Waals surface area contributed by atoms with Crippen LogP contribution in [0.5, 0.6) is 0 Å². The molecule has 0 saturated heterocycles. The summed E-state index contributed by atoms with van der Waals surface area (Å²) in [6, 6.07) is 0.463. The standard InChI is InChI=1S/C13H27N3O/c1-4-8-16(13(2,3)10-14)9-7-12(17)15-11-5-6-11/h11H,4-10,14H2,1-3H3,(H,15,17). The molecule has 1 aliphatic rings. The lowest BCUT2D eigenvalue weighted by Crippen LogP contribution is -2.50. The molecule has 0 radical (unpaired) electrons. The van der Waals surface area contributed by atoms with E-state index in [9.17, 15) is 4.79 Å². The molecular formula is C13H27N3O. The summed E-state index contributed by atoms with van der Waals surface area (Å²) < 4.78 is 0. The maximum absolute atomic E-state index is 11.6. The van der Waals surface area contributed by atoms with Crippen molar-refractivity contribution in [1.82, 2.24) is 10.2 Å². The molecule has 17 heavy (non-hydrogen) atoms. The first-order valence-electron chi connectivity index (χ1n) is 6.74. The van der Waals surface area contributed by atoms with Crippen molar-refractivity contribution >= 4 is 5.91 Å². The summed E-state index contributed by atoms with van der Waals surface area (Å²) in [7, 11) is 0. The number of hydrogen-bond acceptors (Lipinski definition) is 3. The molecule has 0 aliphatic heterocycles. The van der Waals surface area contributed by atoms with E-state index in [1.54, 1.807) is 0 Å². The fraction of sp³-hybridized carbons (Fsp3) is 0.923. The van der Waals surface area contributed by atoms with Crippen molar-refractivity contribution in [3.8, 4) is 0 Å². The Balaban J connectivity index is 2.34. The Morgan fingerprint density at radius 3 is 2.53 bits per heavy atom. The first kappa shape index (κ1) is 14.5. The van der Waals surface area contributed by atoms with Crippen LogP contribution < -0.4 is 11.1 Å². The second kappa shape index (κ2) is 6.36. The third-order valence-electron chi connectivity index (χ3n) is 3.40. The van der Waals surface area contributed by atoms with Gasteiger partial charge in [0.05, 0.1) is 0 Å². The van der Waals surface area contributed by atoms with E-state index in [1.807, 2.05) is 0 Å². The lowest BCUT2D eigenvalue weighted by atomic mass is 10.0. The molecule has 0 heterocycles. The van der Waals surface area contributed by atoms with Crippen LogP contribution in [0, 0.1) is 0 Å². The zero-order chi connectivity index (χ0) is 12.9. The molecule has 1 rings (SSSR count). The molecule has 0 aromatic carbocycles. The Morgan fingerprint density at radius 2 is 2.06 bits per heavy atom. The molecule has 0 unspecified atom stereocenters. The minimum atomic E-state index is -0.0180. The minimum absolute atomic E-state index is 0.0180. The monoisotopic (exact) mass is 241 g/mol. The molecule has 4 nitrogen and oxygen atoms in total. The SMILES string of the molecule is CCCN(CCC(=O)NC1CC1)C(C)(C)CN. The highest BCUT2D eigenvalue weighted by atomic mass is 16.1. The predicted molar refractivity (Wildman–Crippen MR) is 70.8 cm³/mol. The zero-order valence-corrected chi connectivity index (χ0v) is 11.5. The molecule has 100 valence electrons. The Bertz CT molecular complexity index is 249. The van der Waals surface area contributed by atoms with Gasteiger partial charge >= 0.3 is 0 Å². The molecule has 4 heteroatoms. The van der Waals surface area contributed by atoms with E-state index in [2.05, 4.69) is 31.0 Å². The molecule has 1 amide bonds. The Hall–Kier alpha value is -0.610. The highest BCUT2D eigenvalue weighted by molar-refractivity contribution is 5.76.